The van der Waals surface area contributed by atoms with E-state index in [0.717, 1.165) is 22.2 Å². The highest BCUT2D eigenvalue weighted by Crippen LogP contribution is 2.23. The molecule has 4 aromatic rings. The van der Waals surface area contributed by atoms with E-state index < -0.39 is 0 Å². The highest BCUT2D eigenvalue weighted by molar-refractivity contribution is 5.96. The predicted octanol–water partition coefficient (Wildman–Crippen LogP) is 4.55. The zero-order valence-corrected chi connectivity index (χ0v) is 14.9. The van der Waals surface area contributed by atoms with Crippen LogP contribution in [0.5, 0.6) is 11.5 Å². The van der Waals surface area contributed by atoms with E-state index in [2.05, 4.69) is 16.4 Å². The summed E-state index contributed by atoms with van der Waals surface area (Å²) in [4.78, 5) is 16.5. The second-order valence-electron chi connectivity index (χ2n) is 6.32. The number of amides is 1. The van der Waals surface area contributed by atoms with Gasteiger partial charge in [-0.3, -0.25) is 9.78 Å². The van der Waals surface area contributed by atoms with Crippen LogP contribution < -0.4 is 10.1 Å². The first-order valence-corrected chi connectivity index (χ1v) is 8.70. The molecule has 4 rings (SSSR count). The molecule has 0 aliphatic heterocycles. The van der Waals surface area contributed by atoms with Crippen LogP contribution in [0.3, 0.4) is 0 Å². The Hall–Kier alpha value is -3.60. The van der Waals surface area contributed by atoms with E-state index in [-0.39, 0.29) is 5.91 Å². The molecule has 134 valence electrons. The molecule has 0 spiro atoms. The Morgan fingerprint density at radius 1 is 1.04 bits per heavy atom. The number of aromatic nitrogens is 2. The van der Waals surface area contributed by atoms with Crippen LogP contribution in [0.15, 0.2) is 79.3 Å². The van der Waals surface area contributed by atoms with Gasteiger partial charge in [-0.2, -0.15) is 0 Å². The largest absolute Gasteiger partial charge is 0.456 e. The first-order chi connectivity index (χ1) is 13.2. The van der Waals surface area contributed by atoms with Crippen molar-refractivity contribution in [2.75, 3.05) is 5.32 Å². The van der Waals surface area contributed by atoms with Crippen LogP contribution in [0.1, 0.15) is 5.56 Å². The van der Waals surface area contributed by atoms with Crippen LogP contribution >= 0.6 is 0 Å². The Labute approximate surface area is 157 Å². The lowest BCUT2D eigenvalue weighted by Gasteiger charge is -2.08. The number of nitrogens with one attached hydrogen (secondary N) is 1. The molecule has 2 heterocycles. The Bertz CT molecular complexity index is 1070. The Balaban J connectivity index is 1.42. The second kappa shape index (κ2) is 7.33. The smallest absolute Gasteiger partial charge is 0.228 e. The van der Waals surface area contributed by atoms with Crippen LogP contribution in [0.25, 0.3) is 10.9 Å². The SMILES string of the molecule is Cn1cc(CC(=O)Nc2ccc(Oc3cccnc3)cc2)c2ccccc21. The summed E-state index contributed by atoms with van der Waals surface area (Å²) in [5, 5.41) is 4.05. The maximum Gasteiger partial charge on any atom is 0.228 e. The molecule has 0 bridgehead atoms. The van der Waals surface area contributed by atoms with Gasteiger partial charge in [0.2, 0.25) is 5.91 Å². The number of hydrogen-bond donors (Lipinski definition) is 1. The normalized spacial score (nSPS) is 10.7. The van der Waals surface area contributed by atoms with Crippen molar-refractivity contribution in [3.63, 3.8) is 0 Å². The van der Waals surface area contributed by atoms with Crippen molar-refractivity contribution in [3.05, 3.63) is 84.8 Å². The molecular formula is C22H19N3O2. The standard InChI is InChI=1S/C22H19N3O2/c1-25-15-16(20-6-2-3-7-21(20)25)13-22(26)24-17-8-10-18(11-9-17)27-19-5-4-12-23-14-19/h2-12,14-15H,13H2,1H3,(H,24,26). The number of ether oxygens (including phenoxy) is 1. The van der Waals surface area contributed by atoms with Gasteiger partial charge in [0.1, 0.15) is 11.5 Å². The van der Waals surface area contributed by atoms with Crippen molar-refractivity contribution in [3.8, 4) is 11.5 Å². The Kier molecular flexibility index (Phi) is 4.58. The van der Waals surface area contributed by atoms with Gasteiger partial charge in [-0.15, -0.1) is 0 Å². The third-order valence-electron chi connectivity index (χ3n) is 4.34. The van der Waals surface area contributed by atoms with Crippen LogP contribution in [0.2, 0.25) is 0 Å². The Morgan fingerprint density at radius 3 is 2.63 bits per heavy atom. The van der Waals surface area contributed by atoms with E-state index >= 15 is 0 Å². The number of benzene rings is 2. The van der Waals surface area contributed by atoms with Crippen LogP contribution in [-0.2, 0) is 18.3 Å². The average molecular weight is 357 g/mol. The van der Waals surface area contributed by atoms with Crippen LogP contribution in [0, 0.1) is 0 Å². The molecule has 0 atom stereocenters. The van der Waals surface area contributed by atoms with E-state index in [4.69, 9.17) is 4.74 Å². The lowest BCUT2D eigenvalue weighted by atomic mass is 10.1. The number of nitrogens with zero attached hydrogens (tertiary/aromatic N) is 2. The van der Waals surface area contributed by atoms with Gasteiger partial charge in [0.15, 0.2) is 0 Å². The first kappa shape index (κ1) is 16.8. The topological polar surface area (TPSA) is 56.2 Å². The third kappa shape index (κ3) is 3.82. The monoisotopic (exact) mass is 357 g/mol. The summed E-state index contributed by atoms with van der Waals surface area (Å²) >= 11 is 0. The van der Waals surface area contributed by atoms with E-state index in [1.807, 2.05) is 72.4 Å². The molecule has 0 aliphatic rings. The van der Waals surface area contributed by atoms with Gasteiger partial charge >= 0.3 is 0 Å². The van der Waals surface area contributed by atoms with Gasteiger partial charge in [-0.1, -0.05) is 18.2 Å². The number of para-hydroxylation sites is 1. The molecule has 27 heavy (non-hydrogen) atoms. The fourth-order valence-corrected chi connectivity index (χ4v) is 3.09. The molecule has 0 saturated carbocycles. The summed E-state index contributed by atoms with van der Waals surface area (Å²) in [6.07, 6.45) is 5.69. The number of pyridine rings is 1. The molecule has 1 amide bonds. The summed E-state index contributed by atoms with van der Waals surface area (Å²) in [5.74, 6) is 1.31. The van der Waals surface area contributed by atoms with Crippen LogP contribution in [0.4, 0.5) is 5.69 Å². The number of fused-ring (bicyclic) bond motifs is 1. The van der Waals surface area contributed by atoms with Crippen molar-refractivity contribution in [2.24, 2.45) is 7.05 Å². The molecule has 0 aliphatic carbocycles. The van der Waals surface area contributed by atoms with Crippen molar-refractivity contribution in [1.82, 2.24) is 9.55 Å². The molecule has 0 unspecified atom stereocenters. The summed E-state index contributed by atoms with van der Waals surface area (Å²) in [5.41, 5.74) is 2.87. The third-order valence-corrected chi connectivity index (χ3v) is 4.34. The van der Waals surface area contributed by atoms with Gasteiger partial charge in [0.05, 0.1) is 12.6 Å². The lowest BCUT2D eigenvalue weighted by molar-refractivity contribution is -0.115. The number of rotatable bonds is 5. The minimum atomic E-state index is -0.0488. The number of carbonyl (C=O) groups excluding carboxylic acids is 1. The van der Waals surface area contributed by atoms with Crippen molar-refractivity contribution >= 4 is 22.5 Å². The van der Waals surface area contributed by atoms with E-state index in [9.17, 15) is 4.79 Å². The fourth-order valence-electron chi connectivity index (χ4n) is 3.09. The summed E-state index contributed by atoms with van der Waals surface area (Å²) in [7, 11) is 1.99. The molecule has 5 heteroatoms. The van der Waals surface area contributed by atoms with Gasteiger partial charge in [0.25, 0.3) is 0 Å². The molecular weight excluding hydrogens is 338 g/mol. The lowest BCUT2D eigenvalue weighted by Crippen LogP contribution is -2.14. The number of anilines is 1. The fraction of sp³-hybridized carbons (Fsp3) is 0.0909. The van der Waals surface area contributed by atoms with Crippen molar-refractivity contribution < 1.29 is 9.53 Å². The summed E-state index contributed by atoms with van der Waals surface area (Å²) < 4.78 is 7.75. The maximum absolute atomic E-state index is 12.5. The highest BCUT2D eigenvalue weighted by Gasteiger charge is 2.10. The number of aryl methyl sites for hydroxylation is 1. The van der Waals surface area contributed by atoms with Gasteiger partial charge < -0.3 is 14.6 Å². The molecule has 2 aromatic carbocycles. The first-order valence-electron chi connectivity index (χ1n) is 8.70. The predicted molar refractivity (Wildman–Crippen MR) is 106 cm³/mol. The molecule has 0 saturated heterocycles. The second-order valence-corrected chi connectivity index (χ2v) is 6.32. The Morgan fingerprint density at radius 2 is 1.85 bits per heavy atom. The number of carbonyl (C=O) groups is 1. The number of hydrogen-bond acceptors (Lipinski definition) is 3. The molecule has 0 fully saturated rings. The minimum absolute atomic E-state index is 0.0488. The van der Waals surface area contributed by atoms with Gasteiger partial charge in [-0.05, 0) is 48.0 Å². The zero-order valence-electron chi connectivity index (χ0n) is 14.9. The molecule has 0 radical (unpaired) electrons. The van der Waals surface area contributed by atoms with E-state index in [1.54, 1.807) is 12.4 Å². The summed E-state index contributed by atoms with van der Waals surface area (Å²) in [6.45, 7) is 0. The van der Waals surface area contributed by atoms with E-state index in [0.29, 0.717) is 17.9 Å². The zero-order chi connectivity index (χ0) is 18.6. The van der Waals surface area contributed by atoms with E-state index in [1.165, 1.54) is 0 Å². The quantitative estimate of drug-likeness (QED) is 0.570. The molecule has 1 N–H and O–H groups in total. The van der Waals surface area contributed by atoms with Crippen LogP contribution in [-0.4, -0.2) is 15.5 Å². The van der Waals surface area contributed by atoms with Gasteiger partial charge in [0, 0.05) is 36.0 Å². The molecule has 5 nitrogen and oxygen atoms in total. The van der Waals surface area contributed by atoms with Crippen molar-refractivity contribution in [1.29, 1.82) is 0 Å². The summed E-state index contributed by atoms with van der Waals surface area (Å²) in [6, 6.07) is 19.0. The maximum atomic E-state index is 12.5. The highest BCUT2D eigenvalue weighted by atomic mass is 16.5. The van der Waals surface area contributed by atoms with Crippen molar-refractivity contribution in [2.45, 2.75) is 6.42 Å². The average Bonchev–Trinajstić information content (AvgIpc) is 3.00. The minimum Gasteiger partial charge on any atom is -0.456 e. The molecule has 2 aromatic heterocycles. The van der Waals surface area contributed by atoms with Gasteiger partial charge in [-0.25, -0.2) is 0 Å².